The van der Waals surface area contributed by atoms with Crippen LogP contribution < -0.4 is 4.74 Å². The Balaban J connectivity index is 1.64. The van der Waals surface area contributed by atoms with E-state index in [1.165, 1.54) is 0 Å². The van der Waals surface area contributed by atoms with Crippen LogP contribution in [0.3, 0.4) is 0 Å². The van der Waals surface area contributed by atoms with Crippen LogP contribution in [0.25, 0.3) is 0 Å². The second kappa shape index (κ2) is 6.35. The molecule has 3 heterocycles. The maximum absolute atomic E-state index is 12.4. The number of piperidine rings is 1. The summed E-state index contributed by atoms with van der Waals surface area (Å²) in [4.78, 5) is 22.2. The topological polar surface area (TPSA) is 55.3 Å². The fourth-order valence-electron chi connectivity index (χ4n) is 2.51. The van der Waals surface area contributed by atoms with Crippen LogP contribution in [-0.4, -0.2) is 40.0 Å². The van der Waals surface area contributed by atoms with Crippen molar-refractivity contribution in [2.45, 2.75) is 18.9 Å². The van der Waals surface area contributed by atoms with Gasteiger partial charge in [-0.3, -0.25) is 14.8 Å². The van der Waals surface area contributed by atoms with E-state index in [2.05, 4.69) is 9.97 Å². The minimum absolute atomic E-state index is 0.0342. The van der Waals surface area contributed by atoms with Gasteiger partial charge in [0.1, 0.15) is 11.9 Å². The summed E-state index contributed by atoms with van der Waals surface area (Å²) in [6.45, 7) is 1.39. The Hall–Kier alpha value is -2.43. The largest absolute Gasteiger partial charge is 0.488 e. The highest BCUT2D eigenvalue weighted by atomic mass is 16.5. The summed E-state index contributed by atoms with van der Waals surface area (Å²) in [5.74, 6) is 0.841. The number of carbonyl (C=O) groups excluding carboxylic acids is 1. The standard InChI is InChI=1S/C16H17N3O2/c20-16(13-3-7-17-8-4-13)19-11-1-2-15(12-19)21-14-5-9-18-10-6-14/h3-10,15H,1-2,11-12H2/t15-/m1/s1. The average Bonchev–Trinajstić information content (AvgIpc) is 2.56. The lowest BCUT2D eigenvalue weighted by molar-refractivity contribution is 0.0537. The molecule has 108 valence electrons. The first-order valence-corrected chi connectivity index (χ1v) is 7.09. The molecule has 2 aromatic heterocycles. The molecule has 1 aliphatic heterocycles. The molecule has 0 N–H and O–H groups in total. The molecule has 1 fully saturated rings. The number of carbonyl (C=O) groups is 1. The molecule has 0 unspecified atom stereocenters. The summed E-state index contributed by atoms with van der Waals surface area (Å²) in [5.41, 5.74) is 0.676. The van der Waals surface area contributed by atoms with Crippen LogP contribution in [0.15, 0.2) is 49.1 Å². The van der Waals surface area contributed by atoms with Crippen LogP contribution in [0, 0.1) is 0 Å². The van der Waals surface area contributed by atoms with Gasteiger partial charge in [0, 0.05) is 36.9 Å². The second-order valence-electron chi connectivity index (χ2n) is 5.05. The van der Waals surface area contributed by atoms with Crippen LogP contribution in [0.5, 0.6) is 5.75 Å². The molecule has 1 saturated heterocycles. The highest BCUT2D eigenvalue weighted by molar-refractivity contribution is 5.94. The summed E-state index contributed by atoms with van der Waals surface area (Å²) < 4.78 is 5.93. The van der Waals surface area contributed by atoms with Crippen LogP contribution in [0.2, 0.25) is 0 Å². The number of nitrogens with zero attached hydrogens (tertiary/aromatic N) is 3. The highest BCUT2D eigenvalue weighted by Crippen LogP contribution is 2.19. The third kappa shape index (κ3) is 3.37. The van der Waals surface area contributed by atoms with Gasteiger partial charge in [-0.05, 0) is 37.1 Å². The minimum atomic E-state index is 0.0342. The molecule has 0 aliphatic carbocycles. The lowest BCUT2D eigenvalue weighted by atomic mass is 10.1. The number of ether oxygens (including phenoxy) is 1. The Bertz CT molecular complexity index is 589. The lowest BCUT2D eigenvalue weighted by Gasteiger charge is -2.33. The first kappa shape index (κ1) is 13.5. The van der Waals surface area contributed by atoms with E-state index >= 15 is 0 Å². The highest BCUT2D eigenvalue weighted by Gasteiger charge is 2.25. The minimum Gasteiger partial charge on any atom is -0.488 e. The fraction of sp³-hybridized carbons (Fsp3) is 0.312. The number of likely N-dealkylation sites (tertiary alicyclic amines) is 1. The van der Waals surface area contributed by atoms with Crippen LogP contribution >= 0.6 is 0 Å². The van der Waals surface area contributed by atoms with Gasteiger partial charge in [-0.15, -0.1) is 0 Å². The Kier molecular flexibility index (Phi) is 4.09. The first-order chi connectivity index (χ1) is 10.3. The molecule has 3 rings (SSSR count). The van der Waals surface area contributed by atoms with Gasteiger partial charge >= 0.3 is 0 Å². The zero-order valence-corrected chi connectivity index (χ0v) is 11.7. The number of aromatic nitrogens is 2. The third-order valence-electron chi connectivity index (χ3n) is 3.55. The number of rotatable bonds is 3. The average molecular weight is 283 g/mol. The Morgan fingerprint density at radius 3 is 2.48 bits per heavy atom. The summed E-state index contributed by atoms with van der Waals surface area (Å²) in [5, 5.41) is 0. The molecule has 0 spiro atoms. The lowest BCUT2D eigenvalue weighted by Crippen LogP contribution is -2.44. The first-order valence-electron chi connectivity index (χ1n) is 7.09. The van der Waals surface area contributed by atoms with Crippen LogP contribution in [-0.2, 0) is 0 Å². The maximum atomic E-state index is 12.4. The second-order valence-corrected chi connectivity index (χ2v) is 5.05. The predicted molar refractivity (Wildman–Crippen MR) is 78.0 cm³/mol. The van der Waals surface area contributed by atoms with E-state index < -0.39 is 0 Å². The van der Waals surface area contributed by atoms with Gasteiger partial charge in [0.2, 0.25) is 0 Å². The normalized spacial score (nSPS) is 18.3. The monoisotopic (exact) mass is 283 g/mol. The van der Waals surface area contributed by atoms with Gasteiger partial charge in [0.15, 0.2) is 0 Å². The third-order valence-corrected chi connectivity index (χ3v) is 3.55. The van der Waals surface area contributed by atoms with Crippen LogP contribution in [0.1, 0.15) is 23.2 Å². The molecule has 5 heteroatoms. The molecule has 1 aliphatic rings. The van der Waals surface area contributed by atoms with Crippen molar-refractivity contribution >= 4 is 5.91 Å². The van der Waals surface area contributed by atoms with Gasteiger partial charge in [0.25, 0.3) is 5.91 Å². The van der Waals surface area contributed by atoms with E-state index in [0.717, 1.165) is 25.1 Å². The van der Waals surface area contributed by atoms with E-state index in [4.69, 9.17) is 4.74 Å². The van der Waals surface area contributed by atoms with Crippen molar-refractivity contribution in [2.24, 2.45) is 0 Å². The van der Waals surface area contributed by atoms with E-state index in [0.29, 0.717) is 12.1 Å². The van der Waals surface area contributed by atoms with Crippen molar-refractivity contribution in [3.63, 3.8) is 0 Å². The molecular weight excluding hydrogens is 266 g/mol. The Labute approximate surface area is 123 Å². The molecule has 0 bridgehead atoms. The molecule has 21 heavy (non-hydrogen) atoms. The number of hydrogen-bond acceptors (Lipinski definition) is 4. The summed E-state index contributed by atoms with van der Waals surface area (Å²) in [6, 6.07) is 7.17. The number of pyridine rings is 2. The van der Waals surface area contributed by atoms with Crippen molar-refractivity contribution in [2.75, 3.05) is 13.1 Å². The smallest absolute Gasteiger partial charge is 0.254 e. The van der Waals surface area contributed by atoms with E-state index in [1.807, 2.05) is 17.0 Å². The van der Waals surface area contributed by atoms with Gasteiger partial charge in [-0.2, -0.15) is 0 Å². The maximum Gasteiger partial charge on any atom is 0.254 e. The van der Waals surface area contributed by atoms with Gasteiger partial charge in [0.05, 0.1) is 6.54 Å². The van der Waals surface area contributed by atoms with Crippen molar-refractivity contribution in [3.05, 3.63) is 54.6 Å². The number of hydrogen-bond donors (Lipinski definition) is 0. The summed E-state index contributed by atoms with van der Waals surface area (Å²) in [7, 11) is 0. The van der Waals surface area contributed by atoms with E-state index in [9.17, 15) is 4.79 Å². The van der Waals surface area contributed by atoms with Crippen molar-refractivity contribution in [3.8, 4) is 5.75 Å². The molecule has 2 aromatic rings. The van der Waals surface area contributed by atoms with Gasteiger partial charge < -0.3 is 9.64 Å². The molecule has 1 atom stereocenters. The Morgan fingerprint density at radius 1 is 1.10 bits per heavy atom. The molecule has 0 aromatic carbocycles. The fourth-order valence-corrected chi connectivity index (χ4v) is 2.51. The quantitative estimate of drug-likeness (QED) is 0.866. The molecule has 5 nitrogen and oxygen atoms in total. The van der Waals surface area contributed by atoms with Gasteiger partial charge in [-0.25, -0.2) is 0 Å². The van der Waals surface area contributed by atoms with E-state index in [-0.39, 0.29) is 12.0 Å². The zero-order valence-electron chi connectivity index (χ0n) is 11.7. The SMILES string of the molecule is O=C(c1ccncc1)N1CCC[C@@H](Oc2ccncc2)C1. The molecule has 0 radical (unpaired) electrons. The Morgan fingerprint density at radius 2 is 1.76 bits per heavy atom. The summed E-state index contributed by atoms with van der Waals surface area (Å²) >= 11 is 0. The summed E-state index contributed by atoms with van der Waals surface area (Å²) in [6.07, 6.45) is 8.64. The van der Waals surface area contributed by atoms with Crippen molar-refractivity contribution in [1.82, 2.24) is 14.9 Å². The van der Waals surface area contributed by atoms with Crippen molar-refractivity contribution < 1.29 is 9.53 Å². The van der Waals surface area contributed by atoms with Gasteiger partial charge in [-0.1, -0.05) is 0 Å². The van der Waals surface area contributed by atoms with Crippen LogP contribution in [0.4, 0.5) is 0 Å². The van der Waals surface area contributed by atoms with Crippen molar-refractivity contribution in [1.29, 1.82) is 0 Å². The molecular formula is C16H17N3O2. The van der Waals surface area contributed by atoms with E-state index in [1.54, 1.807) is 36.9 Å². The zero-order chi connectivity index (χ0) is 14.5. The predicted octanol–water partition coefficient (Wildman–Crippen LogP) is 2.16. The number of amides is 1. The molecule has 0 saturated carbocycles. The molecule has 1 amide bonds.